The number of alkyl halides is 3. The van der Waals surface area contributed by atoms with Crippen LogP contribution in [0.5, 0.6) is 0 Å². The van der Waals surface area contributed by atoms with Crippen molar-refractivity contribution in [2.24, 2.45) is 0 Å². The lowest BCUT2D eigenvalue weighted by Gasteiger charge is -2.19. The van der Waals surface area contributed by atoms with Gasteiger partial charge in [0.2, 0.25) is 5.91 Å². The predicted octanol–water partition coefficient (Wildman–Crippen LogP) is 4.09. The minimum Gasteiger partial charge on any atom is -0.394 e. The number of nitrogens with one attached hydrogen (secondary N) is 2. The fraction of sp³-hybridized carbons (Fsp3) is 0.250. The first-order valence-corrected chi connectivity index (χ1v) is 8.72. The lowest BCUT2D eigenvalue weighted by Crippen LogP contribution is -2.47. The molecule has 154 valence electrons. The van der Waals surface area contributed by atoms with Crippen LogP contribution in [0.1, 0.15) is 12.0 Å². The van der Waals surface area contributed by atoms with E-state index in [-0.39, 0.29) is 12.8 Å². The number of aryl methyl sites for hydroxylation is 1. The van der Waals surface area contributed by atoms with Gasteiger partial charge >= 0.3 is 6.18 Å². The molecule has 0 aliphatic heterocycles. The van der Waals surface area contributed by atoms with Crippen molar-refractivity contribution in [2.45, 2.75) is 25.1 Å². The first-order valence-electron chi connectivity index (χ1n) is 8.72. The average Bonchev–Trinajstić information content (AvgIpc) is 3.01. The van der Waals surface area contributed by atoms with Crippen molar-refractivity contribution in [3.8, 4) is 11.3 Å². The van der Waals surface area contributed by atoms with E-state index in [0.29, 0.717) is 27.7 Å². The maximum atomic E-state index is 13.7. The summed E-state index contributed by atoms with van der Waals surface area (Å²) >= 11 is 0. The van der Waals surface area contributed by atoms with Gasteiger partial charge in [-0.25, -0.2) is 8.78 Å². The number of aliphatic hydroxyl groups excluding tert-OH is 1. The van der Waals surface area contributed by atoms with Gasteiger partial charge in [-0.1, -0.05) is 0 Å². The summed E-state index contributed by atoms with van der Waals surface area (Å²) in [7, 11) is 0. The highest BCUT2D eigenvalue weighted by molar-refractivity contribution is 5.91. The van der Waals surface area contributed by atoms with E-state index in [9.17, 15) is 26.7 Å². The molecule has 0 unspecified atom stereocenters. The Bertz CT molecular complexity index is 1010. The van der Waals surface area contributed by atoms with Gasteiger partial charge in [-0.2, -0.15) is 13.2 Å². The highest BCUT2D eigenvalue weighted by atomic mass is 19.4. The third-order valence-corrected chi connectivity index (χ3v) is 4.52. The predicted molar refractivity (Wildman–Crippen MR) is 97.0 cm³/mol. The molecule has 3 N–H and O–H groups in total. The molecule has 0 fully saturated rings. The molecule has 1 heterocycles. The van der Waals surface area contributed by atoms with Crippen LogP contribution in [0.4, 0.5) is 22.0 Å². The van der Waals surface area contributed by atoms with Gasteiger partial charge in [0.1, 0.15) is 17.7 Å². The summed E-state index contributed by atoms with van der Waals surface area (Å²) in [4.78, 5) is 15.1. The maximum Gasteiger partial charge on any atom is 0.410 e. The van der Waals surface area contributed by atoms with Gasteiger partial charge in [-0.3, -0.25) is 4.79 Å². The van der Waals surface area contributed by atoms with Crippen LogP contribution in [-0.4, -0.2) is 34.8 Å². The fourth-order valence-electron chi connectivity index (χ4n) is 3.08. The molecular weight excluding hydrogens is 395 g/mol. The largest absolute Gasteiger partial charge is 0.410 e. The lowest BCUT2D eigenvalue weighted by atomic mass is 10.0. The van der Waals surface area contributed by atoms with Gasteiger partial charge in [0.05, 0.1) is 6.61 Å². The first kappa shape index (κ1) is 20.8. The van der Waals surface area contributed by atoms with Gasteiger partial charge in [0.15, 0.2) is 0 Å². The van der Waals surface area contributed by atoms with E-state index in [4.69, 9.17) is 5.11 Å². The Hall–Kier alpha value is -2.94. The minimum atomic E-state index is -4.77. The van der Waals surface area contributed by atoms with Gasteiger partial charge in [-0.15, -0.1) is 0 Å². The summed E-state index contributed by atoms with van der Waals surface area (Å²) in [6, 6.07) is 7.16. The number of aromatic nitrogens is 1. The molecule has 0 aliphatic rings. The van der Waals surface area contributed by atoms with E-state index in [0.717, 1.165) is 0 Å². The van der Waals surface area contributed by atoms with Crippen LogP contribution in [0.2, 0.25) is 0 Å². The zero-order valence-electron chi connectivity index (χ0n) is 15.0. The van der Waals surface area contributed by atoms with E-state index in [2.05, 4.69) is 4.98 Å². The highest BCUT2D eigenvalue weighted by Crippen LogP contribution is 2.32. The average molecular weight is 412 g/mol. The number of carbonyl (C=O) groups excluding carboxylic acids is 1. The van der Waals surface area contributed by atoms with Crippen molar-refractivity contribution in [1.29, 1.82) is 0 Å². The zero-order valence-corrected chi connectivity index (χ0v) is 15.0. The normalized spacial score (nSPS) is 12.9. The third-order valence-electron chi connectivity index (χ3n) is 4.52. The molecule has 0 bridgehead atoms. The van der Waals surface area contributed by atoms with Crippen molar-refractivity contribution in [1.82, 2.24) is 10.3 Å². The molecule has 4 nitrogen and oxygen atoms in total. The molecule has 2 aromatic carbocycles. The number of amides is 1. The Morgan fingerprint density at radius 1 is 1.07 bits per heavy atom. The van der Waals surface area contributed by atoms with Crippen LogP contribution < -0.4 is 5.32 Å². The van der Waals surface area contributed by atoms with E-state index in [1.54, 1.807) is 5.32 Å². The second kappa shape index (κ2) is 8.20. The second-order valence-electron chi connectivity index (χ2n) is 6.52. The maximum absolute atomic E-state index is 13.7. The monoisotopic (exact) mass is 412 g/mol. The van der Waals surface area contributed by atoms with Crippen LogP contribution in [-0.2, 0) is 11.2 Å². The number of carbonyl (C=O) groups is 1. The van der Waals surface area contributed by atoms with Crippen molar-refractivity contribution in [3.05, 3.63) is 59.7 Å². The summed E-state index contributed by atoms with van der Waals surface area (Å²) < 4.78 is 65.1. The smallest absolute Gasteiger partial charge is 0.394 e. The molecule has 1 aromatic heterocycles. The number of H-pyrrole nitrogens is 1. The summed E-state index contributed by atoms with van der Waals surface area (Å²) in [5.74, 6) is -1.86. The number of benzene rings is 2. The molecule has 0 saturated heterocycles. The van der Waals surface area contributed by atoms with Gasteiger partial charge < -0.3 is 15.4 Å². The zero-order chi connectivity index (χ0) is 21.2. The molecule has 3 rings (SSSR count). The Labute approximate surface area is 162 Å². The number of hydrogen-bond acceptors (Lipinski definition) is 2. The van der Waals surface area contributed by atoms with Crippen molar-refractivity contribution < 1.29 is 31.9 Å². The lowest BCUT2D eigenvalue weighted by molar-refractivity contribution is -0.168. The number of aromatic amines is 1. The highest BCUT2D eigenvalue weighted by Gasteiger charge is 2.40. The van der Waals surface area contributed by atoms with Crippen LogP contribution >= 0.6 is 0 Å². The summed E-state index contributed by atoms with van der Waals surface area (Å²) in [6.45, 7) is -1.27. The molecule has 0 spiro atoms. The van der Waals surface area contributed by atoms with E-state index >= 15 is 0 Å². The van der Waals surface area contributed by atoms with Crippen LogP contribution in [0.15, 0.2) is 42.5 Å². The van der Waals surface area contributed by atoms with E-state index < -0.39 is 36.4 Å². The first-order chi connectivity index (χ1) is 13.7. The summed E-state index contributed by atoms with van der Waals surface area (Å²) in [6.07, 6.45) is -5.07. The van der Waals surface area contributed by atoms with E-state index in [1.165, 1.54) is 42.5 Å². The Morgan fingerprint density at radius 2 is 1.72 bits per heavy atom. The minimum absolute atomic E-state index is 0.0119. The molecule has 0 radical (unpaired) electrons. The molecule has 29 heavy (non-hydrogen) atoms. The standard InChI is InChI=1S/C20H17F5N2O2/c21-12-3-1-11(2-4-12)19-14(15-9-13(22)5-7-16(15)26-19)6-8-18(29)27-17(10-28)20(23,24)25/h1-5,7,9,17,26,28H,6,8,10H2,(H,27,29)/t17-/m0/s1. The Morgan fingerprint density at radius 3 is 2.34 bits per heavy atom. The number of aliphatic hydroxyl groups is 1. The number of halogens is 5. The van der Waals surface area contributed by atoms with Crippen LogP contribution in [0.25, 0.3) is 22.2 Å². The molecule has 9 heteroatoms. The van der Waals surface area contributed by atoms with Crippen LogP contribution in [0, 0.1) is 11.6 Å². The van der Waals surface area contributed by atoms with E-state index in [1.807, 2.05) is 0 Å². The van der Waals surface area contributed by atoms with Gasteiger partial charge in [-0.05, 0) is 60.0 Å². The summed E-state index contributed by atoms with van der Waals surface area (Å²) in [5.41, 5.74) is 2.20. The van der Waals surface area contributed by atoms with Gasteiger partial charge in [0.25, 0.3) is 0 Å². The fourth-order valence-corrected chi connectivity index (χ4v) is 3.08. The molecule has 0 aliphatic carbocycles. The Kier molecular flexibility index (Phi) is 5.88. The summed E-state index contributed by atoms with van der Waals surface area (Å²) in [5, 5.41) is 11.1. The molecule has 3 aromatic rings. The molecular formula is C20H17F5N2O2. The number of fused-ring (bicyclic) bond motifs is 1. The quantitative estimate of drug-likeness (QED) is 0.534. The molecule has 1 atom stereocenters. The number of hydrogen-bond donors (Lipinski definition) is 3. The van der Waals surface area contributed by atoms with Crippen molar-refractivity contribution in [2.75, 3.05) is 6.61 Å². The number of rotatable bonds is 6. The molecule has 0 saturated carbocycles. The Balaban J connectivity index is 1.89. The van der Waals surface area contributed by atoms with Crippen LogP contribution in [0.3, 0.4) is 0 Å². The second-order valence-corrected chi connectivity index (χ2v) is 6.52. The van der Waals surface area contributed by atoms with Crippen molar-refractivity contribution in [3.63, 3.8) is 0 Å². The SMILES string of the molecule is O=C(CCc1c(-c2ccc(F)cc2)[nH]c2ccc(F)cc12)N[C@@H](CO)C(F)(F)F. The molecule has 1 amide bonds. The van der Waals surface area contributed by atoms with Crippen molar-refractivity contribution >= 4 is 16.8 Å². The topological polar surface area (TPSA) is 65.1 Å². The van der Waals surface area contributed by atoms with Gasteiger partial charge in [0, 0.05) is 23.0 Å². The third kappa shape index (κ3) is 4.73.